The van der Waals surface area contributed by atoms with Crippen molar-refractivity contribution in [1.82, 2.24) is 9.80 Å². The molecule has 1 saturated heterocycles. The van der Waals surface area contributed by atoms with Gasteiger partial charge >= 0.3 is 6.09 Å². The molecule has 29 heavy (non-hydrogen) atoms. The number of amides is 1. The van der Waals surface area contributed by atoms with Crippen LogP contribution in [-0.4, -0.2) is 52.6 Å². The van der Waals surface area contributed by atoms with Gasteiger partial charge in [0.15, 0.2) is 0 Å². The van der Waals surface area contributed by atoms with E-state index in [1.807, 2.05) is 58.9 Å². The van der Waals surface area contributed by atoms with Crippen LogP contribution in [0.25, 0.3) is 0 Å². The van der Waals surface area contributed by atoms with Crippen LogP contribution < -0.4 is 0 Å². The molecule has 1 saturated carbocycles. The Kier molecular flexibility index (Phi) is 6.17. The fraction of sp³-hybridized carbons (Fsp3) is 0.682. The highest BCUT2D eigenvalue weighted by molar-refractivity contribution is 6.30. The van der Waals surface area contributed by atoms with Crippen molar-refractivity contribution in [2.24, 2.45) is 5.92 Å². The minimum absolute atomic E-state index is 0.0219. The molecule has 7 heteroatoms. The number of alkyl halides is 2. The van der Waals surface area contributed by atoms with Crippen LogP contribution in [0.1, 0.15) is 59.1 Å². The maximum atomic E-state index is 13.7. The largest absolute Gasteiger partial charge is 0.444 e. The molecule has 1 aromatic carbocycles. The summed E-state index contributed by atoms with van der Waals surface area (Å²) in [5.41, 5.74) is 0.445. The third-order valence-electron chi connectivity index (χ3n) is 5.80. The zero-order valence-electron chi connectivity index (χ0n) is 17.8. The fourth-order valence-electron chi connectivity index (χ4n) is 4.44. The van der Waals surface area contributed by atoms with Gasteiger partial charge in [0.1, 0.15) is 5.60 Å². The van der Waals surface area contributed by atoms with Gasteiger partial charge in [-0.3, -0.25) is 4.90 Å². The molecule has 1 amide bonds. The molecule has 0 spiro atoms. The molecule has 1 aromatic rings. The van der Waals surface area contributed by atoms with Gasteiger partial charge in [-0.2, -0.15) is 0 Å². The standard InChI is InChI=1S/C22H31ClF2N2O2/c1-14-13-27(20(28)29-21(3,4)5)15(2)12-26(14)19(17-10-22(24,25)11-17)16-6-8-18(23)9-7-16/h6-9,14-15,17,19H,10-13H2,1-5H3/t14-,15+,19?/m1/s1. The molecule has 0 N–H and O–H groups in total. The average molecular weight is 429 g/mol. The Hall–Kier alpha value is -1.40. The van der Waals surface area contributed by atoms with E-state index in [9.17, 15) is 13.6 Å². The van der Waals surface area contributed by atoms with E-state index in [-0.39, 0.29) is 43.0 Å². The molecule has 2 aliphatic rings. The van der Waals surface area contributed by atoms with Gasteiger partial charge in [-0.1, -0.05) is 23.7 Å². The van der Waals surface area contributed by atoms with Crippen molar-refractivity contribution in [2.45, 2.75) is 77.1 Å². The summed E-state index contributed by atoms with van der Waals surface area (Å²) in [5.74, 6) is -2.70. The highest BCUT2D eigenvalue weighted by Crippen LogP contribution is 2.51. The van der Waals surface area contributed by atoms with Crippen molar-refractivity contribution in [3.8, 4) is 0 Å². The Balaban J connectivity index is 1.80. The minimum Gasteiger partial charge on any atom is -0.444 e. The molecule has 0 bridgehead atoms. The number of hydrogen-bond donors (Lipinski definition) is 0. The number of rotatable bonds is 3. The number of nitrogens with zero attached hydrogens (tertiary/aromatic N) is 2. The highest BCUT2D eigenvalue weighted by atomic mass is 35.5. The van der Waals surface area contributed by atoms with Gasteiger partial charge in [-0.25, -0.2) is 13.6 Å². The van der Waals surface area contributed by atoms with Gasteiger partial charge in [0.25, 0.3) is 0 Å². The second kappa shape index (κ2) is 8.03. The molecular weight excluding hydrogens is 398 g/mol. The maximum absolute atomic E-state index is 13.7. The van der Waals surface area contributed by atoms with Crippen molar-refractivity contribution in [1.29, 1.82) is 0 Å². The topological polar surface area (TPSA) is 32.8 Å². The first-order valence-corrected chi connectivity index (χ1v) is 10.6. The molecule has 1 heterocycles. The molecular formula is C22H31ClF2N2O2. The van der Waals surface area contributed by atoms with Crippen LogP contribution in [0.15, 0.2) is 24.3 Å². The van der Waals surface area contributed by atoms with Crippen molar-refractivity contribution < 1.29 is 18.3 Å². The van der Waals surface area contributed by atoms with Crippen molar-refractivity contribution in [3.63, 3.8) is 0 Å². The number of piperazine rings is 1. The Morgan fingerprint density at radius 1 is 1.14 bits per heavy atom. The first kappa shape index (κ1) is 22.3. The average Bonchev–Trinajstić information content (AvgIpc) is 2.56. The van der Waals surface area contributed by atoms with Gasteiger partial charge in [-0.15, -0.1) is 0 Å². The van der Waals surface area contributed by atoms with Crippen LogP contribution >= 0.6 is 11.6 Å². The first-order valence-electron chi connectivity index (χ1n) is 10.2. The van der Waals surface area contributed by atoms with Crippen molar-refractivity contribution in [2.75, 3.05) is 13.1 Å². The Morgan fingerprint density at radius 3 is 2.24 bits per heavy atom. The molecule has 4 nitrogen and oxygen atoms in total. The molecule has 1 aliphatic carbocycles. The third-order valence-corrected chi connectivity index (χ3v) is 6.05. The van der Waals surface area contributed by atoms with E-state index < -0.39 is 11.5 Å². The molecule has 0 radical (unpaired) electrons. The molecule has 3 atom stereocenters. The van der Waals surface area contributed by atoms with Crippen molar-refractivity contribution in [3.05, 3.63) is 34.9 Å². The van der Waals surface area contributed by atoms with Crippen LogP contribution in [0.3, 0.4) is 0 Å². The molecule has 1 aliphatic heterocycles. The van der Waals surface area contributed by atoms with Crippen LogP contribution in [-0.2, 0) is 4.74 Å². The number of ether oxygens (including phenoxy) is 1. The number of hydrogen-bond acceptors (Lipinski definition) is 3. The second-order valence-electron chi connectivity index (χ2n) is 9.55. The lowest BCUT2D eigenvalue weighted by Crippen LogP contribution is -2.61. The normalized spacial score (nSPS) is 26.7. The van der Waals surface area contributed by atoms with Gasteiger partial charge < -0.3 is 9.64 Å². The Bertz CT molecular complexity index is 727. The Morgan fingerprint density at radius 2 is 1.72 bits per heavy atom. The van der Waals surface area contributed by atoms with Crippen LogP contribution in [0.4, 0.5) is 13.6 Å². The lowest BCUT2D eigenvalue weighted by atomic mass is 9.73. The number of carbonyl (C=O) groups excluding carboxylic acids is 1. The zero-order valence-corrected chi connectivity index (χ0v) is 18.5. The van der Waals surface area contributed by atoms with Gasteiger partial charge in [0, 0.05) is 49.1 Å². The van der Waals surface area contributed by atoms with Crippen LogP contribution in [0, 0.1) is 5.92 Å². The van der Waals surface area contributed by atoms with E-state index in [2.05, 4.69) is 4.90 Å². The monoisotopic (exact) mass is 428 g/mol. The number of benzene rings is 1. The number of halogens is 3. The Labute approximate surface area is 177 Å². The smallest absolute Gasteiger partial charge is 0.410 e. The fourth-order valence-corrected chi connectivity index (χ4v) is 4.57. The van der Waals surface area contributed by atoms with Crippen molar-refractivity contribution >= 4 is 17.7 Å². The second-order valence-corrected chi connectivity index (χ2v) is 9.98. The van der Waals surface area contributed by atoms with E-state index >= 15 is 0 Å². The maximum Gasteiger partial charge on any atom is 0.410 e. The molecule has 162 valence electrons. The molecule has 1 unspecified atom stereocenters. The lowest BCUT2D eigenvalue weighted by molar-refractivity contribution is -0.141. The third kappa shape index (κ3) is 5.21. The lowest BCUT2D eigenvalue weighted by Gasteiger charge is -2.52. The summed E-state index contributed by atoms with van der Waals surface area (Å²) in [6.45, 7) is 10.7. The summed E-state index contributed by atoms with van der Waals surface area (Å²) in [7, 11) is 0. The number of carbonyl (C=O) groups is 1. The summed E-state index contributed by atoms with van der Waals surface area (Å²) < 4.78 is 32.9. The van der Waals surface area contributed by atoms with Crippen LogP contribution in [0.5, 0.6) is 0 Å². The predicted molar refractivity (Wildman–Crippen MR) is 110 cm³/mol. The first-order chi connectivity index (χ1) is 13.4. The summed E-state index contributed by atoms with van der Waals surface area (Å²) in [4.78, 5) is 16.6. The summed E-state index contributed by atoms with van der Waals surface area (Å²) in [5, 5.41) is 0.627. The highest BCUT2D eigenvalue weighted by Gasteiger charge is 2.51. The molecule has 3 rings (SSSR count). The zero-order chi connectivity index (χ0) is 21.6. The predicted octanol–water partition coefficient (Wildman–Crippen LogP) is 5.76. The van der Waals surface area contributed by atoms with Crippen LogP contribution in [0.2, 0.25) is 5.02 Å². The summed E-state index contributed by atoms with van der Waals surface area (Å²) >= 11 is 6.04. The molecule has 2 fully saturated rings. The van der Waals surface area contributed by atoms with E-state index in [4.69, 9.17) is 16.3 Å². The van der Waals surface area contributed by atoms with Gasteiger partial charge in [0.2, 0.25) is 5.92 Å². The quantitative estimate of drug-likeness (QED) is 0.613. The van der Waals surface area contributed by atoms with E-state index in [0.717, 1.165) is 5.56 Å². The minimum atomic E-state index is -2.58. The van der Waals surface area contributed by atoms with E-state index in [1.54, 1.807) is 4.90 Å². The van der Waals surface area contributed by atoms with E-state index in [1.165, 1.54) is 0 Å². The summed E-state index contributed by atoms with van der Waals surface area (Å²) in [6.07, 6.45) is -0.531. The van der Waals surface area contributed by atoms with Gasteiger partial charge in [0.05, 0.1) is 0 Å². The SMILES string of the molecule is C[C@@H]1CN(C(=O)OC(C)(C)C)[C@@H](C)CN1C(c1ccc(Cl)cc1)C1CC(F)(F)C1. The summed E-state index contributed by atoms with van der Waals surface area (Å²) in [6, 6.07) is 7.31. The van der Waals surface area contributed by atoms with Gasteiger partial charge in [-0.05, 0) is 58.2 Å². The van der Waals surface area contributed by atoms with E-state index in [0.29, 0.717) is 18.1 Å². The molecule has 0 aromatic heterocycles.